The monoisotopic (exact) mass is 340 g/mol. The largest absolute Gasteiger partial charge is 0.350 e. The summed E-state index contributed by atoms with van der Waals surface area (Å²) in [4.78, 5) is 24.3. The fraction of sp³-hybridized carbons (Fsp3) is 0.263. The molecule has 0 radical (unpaired) electrons. The number of para-hydroxylation sites is 1. The van der Waals surface area contributed by atoms with Crippen LogP contribution >= 0.6 is 0 Å². The Bertz CT molecular complexity index is 716. The van der Waals surface area contributed by atoms with E-state index in [0.29, 0.717) is 17.8 Å². The van der Waals surface area contributed by atoms with Crippen molar-refractivity contribution in [1.29, 1.82) is 0 Å². The highest BCUT2D eigenvalue weighted by Crippen LogP contribution is 2.15. The van der Waals surface area contributed by atoms with Gasteiger partial charge in [0.15, 0.2) is 0 Å². The molecule has 3 amide bonds. The van der Waals surface area contributed by atoms with E-state index >= 15 is 0 Å². The van der Waals surface area contributed by atoms with E-state index in [9.17, 15) is 9.59 Å². The molecular formula is C19H24N4O2. The van der Waals surface area contributed by atoms with Crippen LogP contribution in [-0.2, 0) is 0 Å². The Morgan fingerprint density at radius 3 is 2.32 bits per heavy atom. The molecule has 0 fully saturated rings. The fourth-order valence-electron chi connectivity index (χ4n) is 2.33. The number of carbonyl (C=O) groups excluding carboxylic acids is 2. The van der Waals surface area contributed by atoms with Gasteiger partial charge in [0.1, 0.15) is 0 Å². The molecule has 25 heavy (non-hydrogen) atoms. The highest BCUT2D eigenvalue weighted by Gasteiger charge is 2.14. The number of urea groups is 1. The summed E-state index contributed by atoms with van der Waals surface area (Å²) in [5, 5.41) is 8.24. The van der Waals surface area contributed by atoms with Crippen molar-refractivity contribution in [2.75, 3.05) is 11.9 Å². The van der Waals surface area contributed by atoms with Crippen LogP contribution in [0.5, 0.6) is 0 Å². The molecule has 6 heteroatoms. The average Bonchev–Trinajstić information content (AvgIpc) is 2.60. The van der Waals surface area contributed by atoms with Crippen LogP contribution in [0.25, 0.3) is 0 Å². The van der Waals surface area contributed by atoms with Crippen LogP contribution < -0.4 is 21.7 Å². The SMILES string of the molecule is CC(C)NC(=O)Nc1ccccc1C(=O)NCC(N)c1ccccc1. The zero-order valence-corrected chi connectivity index (χ0v) is 14.5. The lowest BCUT2D eigenvalue weighted by atomic mass is 10.1. The lowest BCUT2D eigenvalue weighted by Crippen LogP contribution is -2.35. The third-order valence-electron chi connectivity index (χ3n) is 3.55. The Morgan fingerprint density at radius 1 is 1.00 bits per heavy atom. The van der Waals surface area contributed by atoms with Gasteiger partial charge in [-0.3, -0.25) is 4.79 Å². The van der Waals surface area contributed by atoms with E-state index in [2.05, 4.69) is 16.0 Å². The molecule has 0 saturated heterocycles. The molecule has 0 saturated carbocycles. The van der Waals surface area contributed by atoms with Crippen molar-refractivity contribution >= 4 is 17.6 Å². The number of carbonyl (C=O) groups is 2. The fourth-order valence-corrected chi connectivity index (χ4v) is 2.33. The zero-order chi connectivity index (χ0) is 18.2. The first-order valence-corrected chi connectivity index (χ1v) is 8.22. The highest BCUT2D eigenvalue weighted by molar-refractivity contribution is 6.03. The average molecular weight is 340 g/mol. The number of benzene rings is 2. The molecule has 2 rings (SSSR count). The number of anilines is 1. The molecule has 1 atom stereocenters. The molecule has 0 heterocycles. The summed E-state index contributed by atoms with van der Waals surface area (Å²) in [6.45, 7) is 4.03. The molecule has 0 aromatic heterocycles. The van der Waals surface area contributed by atoms with Crippen LogP contribution in [0.2, 0.25) is 0 Å². The summed E-state index contributed by atoms with van der Waals surface area (Å²) < 4.78 is 0. The molecule has 132 valence electrons. The molecule has 0 aliphatic rings. The van der Waals surface area contributed by atoms with Crippen molar-refractivity contribution in [3.63, 3.8) is 0 Å². The molecule has 0 bridgehead atoms. The van der Waals surface area contributed by atoms with Crippen molar-refractivity contribution in [3.05, 3.63) is 65.7 Å². The topological polar surface area (TPSA) is 96.2 Å². The van der Waals surface area contributed by atoms with Gasteiger partial charge in [-0.05, 0) is 31.5 Å². The second kappa shape index (κ2) is 8.84. The quantitative estimate of drug-likeness (QED) is 0.651. The van der Waals surface area contributed by atoms with E-state index in [-0.39, 0.29) is 24.0 Å². The van der Waals surface area contributed by atoms with E-state index in [1.807, 2.05) is 44.2 Å². The van der Waals surface area contributed by atoms with Gasteiger partial charge in [0, 0.05) is 18.6 Å². The Hall–Kier alpha value is -2.86. The van der Waals surface area contributed by atoms with Gasteiger partial charge >= 0.3 is 6.03 Å². The third-order valence-corrected chi connectivity index (χ3v) is 3.55. The zero-order valence-electron chi connectivity index (χ0n) is 14.5. The molecular weight excluding hydrogens is 316 g/mol. The Balaban J connectivity index is 2.00. The van der Waals surface area contributed by atoms with Crippen molar-refractivity contribution in [3.8, 4) is 0 Å². The minimum atomic E-state index is -0.351. The molecule has 2 aromatic carbocycles. The van der Waals surface area contributed by atoms with Crippen LogP contribution in [0.3, 0.4) is 0 Å². The number of nitrogens with two attached hydrogens (primary N) is 1. The maximum Gasteiger partial charge on any atom is 0.319 e. The number of rotatable bonds is 6. The number of nitrogens with one attached hydrogen (secondary N) is 3. The van der Waals surface area contributed by atoms with E-state index in [0.717, 1.165) is 5.56 Å². The smallest absolute Gasteiger partial charge is 0.319 e. The Morgan fingerprint density at radius 2 is 1.64 bits per heavy atom. The lowest BCUT2D eigenvalue weighted by molar-refractivity contribution is 0.0952. The van der Waals surface area contributed by atoms with Gasteiger partial charge in [-0.1, -0.05) is 42.5 Å². The molecule has 0 spiro atoms. The van der Waals surface area contributed by atoms with E-state index < -0.39 is 0 Å². The molecule has 0 aliphatic heterocycles. The van der Waals surface area contributed by atoms with Crippen LogP contribution in [-0.4, -0.2) is 24.5 Å². The first-order chi connectivity index (χ1) is 12.0. The lowest BCUT2D eigenvalue weighted by Gasteiger charge is -2.16. The molecule has 0 aliphatic carbocycles. The summed E-state index contributed by atoms with van der Waals surface area (Å²) in [7, 11) is 0. The van der Waals surface area contributed by atoms with Gasteiger partial charge in [0.05, 0.1) is 11.3 Å². The van der Waals surface area contributed by atoms with Crippen molar-refractivity contribution in [1.82, 2.24) is 10.6 Å². The maximum absolute atomic E-state index is 12.5. The molecule has 1 unspecified atom stereocenters. The summed E-state index contributed by atoms with van der Waals surface area (Å²) in [6.07, 6.45) is 0. The van der Waals surface area contributed by atoms with E-state index in [1.54, 1.807) is 24.3 Å². The normalized spacial score (nSPS) is 11.7. The highest BCUT2D eigenvalue weighted by atomic mass is 16.2. The van der Waals surface area contributed by atoms with Crippen LogP contribution in [0.4, 0.5) is 10.5 Å². The molecule has 6 nitrogen and oxygen atoms in total. The van der Waals surface area contributed by atoms with Gasteiger partial charge < -0.3 is 21.7 Å². The summed E-state index contributed by atoms with van der Waals surface area (Å²) in [6, 6.07) is 15.8. The van der Waals surface area contributed by atoms with Crippen molar-refractivity contribution in [2.45, 2.75) is 25.9 Å². The molecule has 5 N–H and O–H groups in total. The predicted octanol–water partition coefficient (Wildman–Crippen LogP) is 2.65. The Kier molecular flexibility index (Phi) is 6.54. The summed E-state index contributed by atoms with van der Waals surface area (Å²) in [5.41, 5.74) is 7.89. The van der Waals surface area contributed by atoms with Gasteiger partial charge in [-0.25, -0.2) is 4.79 Å². The predicted molar refractivity (Wildman–Crippen MR) is 99.4 cm³/mol. The molecule has 2 aromatic rings. The first-order valence-electron chi connectivity index (χ1n) is 8.22. The minimum absolute atomic E-state index is 0.00450. The minimum Gasteiger partial charge on any atom is -0.350 e. The van der Waals surface area contributed by atoms with E-state index in [1.165, 1.54) is 0 Å². The van der Waals surface area contributed by atoms with Gasteiger partial charge in [0.25, 0.3) is 5.91 Å². The standard InChI is InChI=1S/C19H24N4O2/c1-13(2)22-19(25)23-17-11-7-6-10-15(17)18(24)21-12-16(20)14-8-4-3-5-9-14/h3-11,13,16H,12,20H2,1-2H3,(H,21,24)(H2,22,23,25). The second-order valence-corrected chi connectivity index (χ2v) is 6.03. The van der Waals surface area contributed by atoms with Gasteiger partial charge in [-0.2, -0.15) is 0 Å². The number of hydrogen-bond acceptors (Lipinski definition) is 3. The first kappa shape index (κ1) is 18.5. The van der Waals surface area contributed by atoms with Crippen molar-refractivity contribution < 1.29 is 9.59 Å². The van der Waals surface area contributed by atoms with Crippen LogP contribution in [0.15, 0.2) is 54.6 Å². The maximum atomic E-state index is 12.5. The summed E-state index contributed by atoms with van der Waals surface area (Å²) in [5.74, 6) is -0.285. The van der Waals surface area contributed by atoms with Gasteiger partial charge in [-0.15, -0.1) is 0 Å². The third kappa shape index (κ3) is 5.61. The number of hydrogen-bond donors (Lipinski definition) is 4. The van der Waals surface area contributed by atoms with Crippen molar-refractivity contribution in [2.24, 2.45) is 5.73 Å². The Labute approximate surface area is 147 Å². The number of amides is 3. The van der Waals surface area contributed by atoms with Gasteiger partial charge in [0.2, 0.25) is 0 Å². The van der Waals surface area contributed by atoms with Crippen LogP contribution in [0.1, 0.15) is 35.8 Å². The van der Waals surface area contributed by atoms with Crippen LogP contribution in [0, 0.1) is 0 Å². The van der Waals surface area contributed by atoms with E-state index in [4.69, 9.17) is 5.73 Å². The second-order valence-electron chi connectivity index (χ2n) is 6.03. The summed E-state index contributed by atoms with van der Waals surface area (Å²) >= 11 is 0.